The second kappa shape index (κ2) is 6.37. The van der Waals surface area contributed by atoms with Crippen LogP contribution in [0.5, 0.6) is 0 Å². The van der Waals surface area contributed by atoms with E-state index in [4.69, 9.17) is 9.98 Å². The molecule has 3 rings (SSSR count). The van der Waals surface area contributed by atoms with Crippen molar-refractivity contribution in [2.45, 2.75) is 25.4 Å². The van der Waals surface area contributed by atoms with Crippen LogP contribution in [-0.4, -0.2) is 54.2 Å². The zero-order valence-corrected chi connectivity index (χ0v) is 15.0. The molecule has 0 radical (unpaired) electrons. The molecule has 7 heteroatoms. The van der Waals surface area contributed by atoms with E-state index in [9.17, 15) is 8.42 Å². The molecule has 5 nitrogen and oxygen atoms in total. The van der Waals surface area contributed by atoms with Gasteiger partial charge in [0, 0.05) is 31.5 Å². The summed E-state index contributed by atoms with van der Waals surface area (Å²) in [5.74, 6) is 0.941. The summed E-state index contributed by atoms with van der Waals surface area (Å²) in [5.41, 5.74) is 1.55. The Balaban J connectivity index is 1.88. The summed E-state index contributed by atoms with van der Waals surface area (Å²) in [4.78, 5) is 9.83. The highest BCUT2D eigenvalue weighted by molar-refractivity contribution is 8.15. The lowest BCUT2D eigenvalue weighted by molar-refractivity contribution is 0.250. The summed E-state index contributed by atoms with van der Waals surface area (Å²) < 4.78 is 24.9. The second-order valence-electron chi connectivity index (χ2n) is 5.82. The van der Waals surface area contributed by atoms with Gasteiger partial charge in [-0.1, -0.05) is 37.3 Å². The quantitative estimate of drug-likeness (QED) is 0.840. The maximum absolute atomic E-state index is 11.7. The van der Waals surface area contributed by atoms with Gasteiger partial charge in [0.15, 0.2) is 5.66 Å². The lowest BCUT2D eigenvalue weighted by Crippen LogP contribution is -2.44. The molecule has 1 saturated heterocycles. The monoisotopic (exact) mass is 351 g/mol. The average molecular weight is 351 g/mol. The van der Waals surface area contributed by atoms with Crippen molar-refractivity contribution in [1.82, 2.24) is 4.31 Å². The van der Waals surface area contributed by atoms with E-state index in [2.05, 4.69) is 19.1 Å². The van der Waals surface area contributed by atoms with Crippen molar-refractivity contribution in [3.05, 3.63) is 35.9 Å². The first-order valence-electron chi connectivity index (χ1n) is 7.77. The number of sulfonamides is 1. The Kier molecular flexibility index (Phi) is 4.62. The summed E-state index contributed by atoms with van der Waals surface area (Å²) in [6, 6.07) is 10.1. The molecule has 1 fully saturated rings. The lowest BCUT2D eigenvalue weighted by atomic mass is 10.00. The van der Waals surface area contributed by atoms with Gasteiger partial charge in [-0.3, -0.25) is 4.99 Å². The molecule has 124 valence electrons. The van der Waals surface area contributed by atoms with Gasteiger partial charge in [0.1, 0.15) is 5.04 Å². The van der Waals surface area contributed by atoms with Gasteiger partial charge in [-0.15, -0.1) is 11.8 Å². The van der Waals surface area contributed by atoms with Crippen LogP contribution >= 0.6 is 11.8 Å². The van der Waals surface area contributed by atoms with Crippen molar-refractivity contribution in [2.24, 2.45) is 9.98 Å². The van der Waals surface area contributed by atoms with Crippen molar-refractivity contribution in [1.29, 1.82) is 0 Å². The summed E-state index contributed by atoms with van der Waals surface area (Å²) in [7, 11) is -3.13. The normalized spacial score (nSPS) is 21.3. The number of nitrogens with zero attached hydrogens (tertiary/aromatic N) is 3. The Bertz CT molecular complexity index is 734. The molecule has 2 aliphatic rings. The Morgan fingerprint density at radius 3 is 2.39 bits per heavy atom. The average Bonchev–Trinajstić information content (AvgIpc) is 2.86. The van der Waals surface area contributed by atoms with E-state index in [1.54, 1.807) is 11.8 Å². The van der Waals surface area contributed by atoms with Crippen molar-refractivity contribution in [3.63, 3.8) is 0 Å². The van der Waals surface area contributed by atoms with Crippen LogP contribution in [0.2, 0.25) is 0 Å². The van der Waals surface area contributed by atoms with Gasteiger partial charge in [0.25, 0.3) is 0 Å². The molecule has 2 aliphatic heterocycles. The molecule has 0 unspecified atom stereocenters. The van der Waals surface area contributed by atoms with Crippen molar-refractivity contribution in [2.75, 3.05) is 25.1 Å². The molecule has 0 saturated carbocycles. The molecule has 23 heavy (non-hydrogen) atoms. The van der Waals surface area contributed by atoms with Crippen molar-refractivity contribution in [3.8, 4) is 0 Å². The Morgan fingerprint density at radius 1 is 1.17 bits per heavy atom. The van der Waals surface area contributed by atoms with Gasteiger partial charge < -0.3 is 0 Å². The second-order valence-corrected chi connectivity index (χ2v) is 9.06. The molecule has 0 aliphatic carbocycles. The molecule has 1 aromatic rings. The maximum Gasteiger partial charge on any atom is 0.211 e. The Hall–Kier alpha value is -1.18. The number of thioether (sulfide) groups is 1. The lowest BCUT2D eigenvalue weighted by Gasteiger charge is -2.33. The third-order valence-corrected chi connectivity index (χ3v) is 6.30. The van der Waals surface area contributed by atoms with E-state index in [-0.39, 0.29) is 0 Å². The van der Waals surface area contributed by atoms with E-state index in [0.717, 1.165) is 22.1 Å². The number of hydrogen-bond acceptors (Lipinski definition) is 5. The number of piperidine rings is 1. The fraction of sp³-hybridized carbons (Fsp3) is 0.500. The fourth-order valence-corrected chi connectivity index (χ4v) is 4.60. The topological polar surface area (TPSA) is 62.1 Å². The van der Waals surface area contributed by atoms with Gasteiger partial charge in [0.05, 0.1) is 12.0 Å². The van der Waals surface area contributed by atoms with Gasteiger partial charge in [-0.2, -0.15) is 0 Å². The largest absolute Gasteiger partial charge is 0.252 e. The fourth-order valence-electron chi connectivity index (χ4n) is 2.94. The van der Waals surface area contributed by atoms with E-state index < -0.39 is 15.7 Å². The van der Waals surface area contributed by atoms with Crippen molar-refractivity contribution >= 4 is 32.5 Å². The summed E-state index contributed by atoms with van der Waals surface area (Å²) in [6.07, 6.45) is 2.55. The molecule has 1 aromatic carbocycles. The molecular weight excluding hydrogens is 330 g/mol. The number of aliphatic imine (C=N–C) groups is 2. The number of hydrogen-bond donors (Lipinski definition) is 0. The highest BCUT2D eigenvalue weighted by Gasteiger charge is 2.41. The summed E-state index contributed by atoms with van der Waals surface area (Å²) >= 11 is 1.70. The first-order chi connectivity index (χ1) is 10.9. The molecule has 1 spiro atoms. The number of benzene rings is 1. The van der Waals surface area contributed by atoms with Crippen LogP contribution in [0.15, 0.2) is 40.3 Å². The maximum atomic E-state index is 11.7. The first kappa shape index (κ1) is 16.7. The van der Waals surface area contributed by atoms with Gasteiger partial charge in [-0.05, 0) is 5.75 Å². The van der Waals surface area contributed by atoms with Crippen LogP contribution in [0.4, 0.5) is 0 Å². The SMILES string of the molecule is CCSC1=NC2(CCN(S(C)(=O)=O)CC2)N=C1c1ccccc1. The molecule has 0 amide bonds. The van der Waals surface area contributed by atoms with E-state index in [0.29, 0.717) is 25.9 Å². The van der Waals surface area contributed by atoms with Crippen LogP contribution in [0, 0.1) is 0 Å². The molecule has 0 bridgehead atoms. The highest BCUT2D eigenvalue weighted by Crippen LogP contribution is 2.35. The van der Waals surface area contributed by atoms with Crippen LogP contribution in [0.25, 0.3) is 0 Å². The predicted molar refractivity (Wildman–Crippen MR) is 96.9 cm³/mol. The van der Waals surface area contributed by atoms with Crippen LogP contribution in [-0.2, 0) is 10.0 Å². The highest BCUT2D eigenvalue weighted by atomic mass is 32.2. The van der Waals surface area contributed by atoms with E-state index >= 15 is 0 Å². The van der Waals surface area contributed by atoms with Crippen molar-refractivity contribution < 1.29 is 8.42 Å². The summed E-state index contributed by atoms with van der Waals surface area (Å²) in [5, 5.41) is 0.978. The van der Waals surface area contributed by atoms with E-state index in [1.165, 1.54) is 10.6 Å². The summed E-state index contributed by atoms with van der Waals surface area (Å²) in [6.45, 7) is 3.07. The van der Waals surface area contributed by atoms with Gasteiger partial charge >= 0.3 is 0 Å². The van der Waals surface area contributed by atoms with Gasteiger partial charge in [-0.25, -0.2) is 17.7 Å². The third-order valence-electron chi connectivity index (χ3n) is 4.15. The van der Waals surface area contributed by atoms with Crippen LogP contribution in [0.1, 0.15) is 25.3 Å². The smallest absolute Gasteiger partial charge is 0.211 e. The zero-order valence-electron chi connectivity index (χ0n) is 13.4. The van der Waals surface area contributed by atoms with Crippen LogP contribution in [0.3, 0.4) is 0 Å². The first-order valence-corrected chi connectivity index (χ1v) is 10.6. The minimum atomic E-state index is -3.13. The zero-order chi connectivity index (χ0) is 16.5. The Morgan fingerprint density at radius 2 is 1.83 bits per heavy atom. The molecule has 2 heterocycles. The number of rotatable bonds is 3. The van der Waals surface area contributed by atoms with Crippen LogP contribution < -0.4 is 0 Å². The molecule has 0 N–H and O–H groups in total. The molecule has 0 atom stereocenters. The minimum Gasteiger partial charge on any atom is -0.252 e. The Labute approximate surface area is 142 Å². The molecular formula is C16H21N3O2S2. The molecule has 0 aromatic heterocycles. The minimum absolute atomic E-state index is 0.482. The standard InChI is InChI=1S/C16H21N3O2S2/c1-3-22-15-14(13-7-5-4-6-8-13)17-16(18-15)9-11-19(12-10-16)23(2,20)21/h4-8H,3,9-12H2,1-2H3. The van der Waals surface area contributed by atoms with Gasteiger partial charge in [0.2, 0.25) is 10.0 Å². The van der Waals surface area contributed by atoms with E-state index in [1.807, 2.05) is 18.2 Å². The third kappa shape index (κ3) is 3.51. The predicted octanol–water partition coefficient (Wildman–Crippen LogP) is 2.39.